The molecule has 0 saturated heterocycles. The third-order valence-corrected chi connectivity index (χ3v) is 2.83. The van der Waals surface area contributed by atoms with Crippen molar-refractivity contribution in [1.29, 1.82) is 0 Å². The molecule has 0 saturated carbocycles. The van der Waals surface area contributed by atoms with Crippen molar-refractivity contribution in [3.05, 3.63) is 15.0 Å². The molecule has 0 aliphatic heterocycles. The van der Waals surface area contributed by atoms with Crippen LogP contribution in [-0.4, -0.2) is 16.7 Å². The highest BCUT2D eigenvalue weighted by Gasteiger charge is 2.06. The Balaban J connectivity index is 2.79. The molecule has 0 unspecified atom stereocenters. The first-order valence-electron chi connectivity index (χ1n) is 3.52. The highest BCUT2D eigenvalue weighted by atomic mass is 35.5. The fraction of sp³-hybridized carbons (Fsp3) is 0.571. The quantitative estimate of drug-likeness (QED) is 0.792. The summed E-state index contributed by atoms with van der Waals surface area (Å²) in [6.07, 6.45) is 1.48. The number of aliphatic hydroxyl groups excluding tert-OH is 1. The molecular weight excluding hydrogens is 182 g/mol. The first-order valence-corrected chi connectivity index (χ1v) is 4.72. The van der Waals surface area contributed by atoms with Crippen molar-refractivity contribution in [1.82, 2.24) is 4.98 Å². The summed E-state index contributed by atoms with van der Waals surface area (Å²) in [5.41, 5.74) is 0.830. The van der Waals surface area contributed by atoms with Crippen LogP contribution in [0.3, 0.4) is 0 Å². The Morgan fingerprint density at radius 2 is 2.36 bits per heavy atom. The number of aryl methyl sites for hydroxylation is 1. The summed E-state index contributed by atoms with van der Waals surface area (Å²) in [6.45, 7) is 2.16. The van der Waals surface area contributed by atoms with Gasteiger partial charge in [-0.1, -0.05) is 18.5 Å². The topological polar surface area (TPSA) is 33.1 Å². The van der Waals surface area contributed by atoms with Crippen LogP contribution in [0.4, 0.5) is 0 Å². The average molecular weight is 192 g/mol. The third kappa shape index (κ3) is 2.15. The summed E-state index contributed by atoms with van der Waals surface area (Å²) in [4.78, 5) is 4.24. The molecule has 1 heterocycles. The molecule has 0 atom stereocenters. The Hall–Kier alpha value is -0.120. The number of aromatic nitrogens is 1. The zero-order valence-corrected chi connectivity index (χ0v) is 7.87. The van der Waals surface area contributed by atoms with Crippen LogP contribution in [0, 0.1) is 0 Å². The van der Waals surface area contributed by atoms with E-state index in [1.54, 1.807) is 0 Å². The Bertz CT molecular complexity index is 236. The van der Waals surface area contributed by atoms with Crippen molar-refractivity contribution in [2.45, 2.75) is 19.8 Å². The van der Waals surface area contributed by atoms with Gasteiger partial charge in [0, 0.05) is 13.0 Å². The van der Waals surface area contributed by atoms with E-state index >= 15 is 0 Å². The van der Waals surface area contributed by atoms with Gasteiger partial charge in [0.25, 0.3) is 0 Å². The minimum Gasteiger partial charge on any atom is -0.396 e. The third-order valence-electron chi connectivity index (χ3n) is 1.35. The smallest absolute Gasteiger partial charge is 0.116 e. The number of hydrogen-bond donors (Lipinski definition) is 1. The molecular formula is C7H10ClNOS. The molecule has 1 rings (SSSR count). The van der Waals surface area contributed by atoms with E-state index in [9.17, 15) is 0 Å². The van der Waals surface area contributed by atoms with Gasteiger partial charge in [-0.3, -0.25) is 0 Å². The summed E-state index contributed by atoms with van der Waals surface area (Å²) < 4.78 is 0.718. The highest BCUT2D eigenvalue weighted by Crippen LogP contribution is 2.24. The van der Waals surface area contributed by atoms with Crippen molar-refractivity contribution in [3.63, 3.8) is 0 Å². The van der Waals surface area contributed by atoms with Gasteiger partial charge in [-0.05, 0) is 6.42 Å². The molecule has 0 fully saturated rings. The van der Waals surface area contributed by atoms with Crippen LogP contribution in [-0.2, 0) is 12.8 Å². The standard InChI is InChI=1S/C7H10ClNOS/c1-2-6-9-5(3-4-10)7(8)11-6/h10H,2-4H2,1H3. The molecule has 11 heavy (non-hydrogen) atoms. The Kier molecular flexibility index (Phi) is 3.30. The van der Waals surface area contributed by atoms with Gasteiger partial charge in [0.2, 0.25) is 0 Å². The van der Waals surface area contributed by atoms with Crippen LogP contribution in [0.1, 0.15) is 17.6 Å². The Labute approximate surface area is 74.8 Å². The fourth-order valence-corrected chi connectivity index (χ4v) is 1.97. The van der Waals surface area contributed by atoms with Crippen molar-refractivity contribution in [2.24, 2.45) is 0 Å². The van der Waals surface area contributed by atoms with Gasteiger partial charge in [0.1, 0.15) is 4.34 Å². The van der Waals surface area contributed by atoms with Crippen molar-refractivity contribution >= 4 is 22.9 Å². The molecule has 1 N–H and O–H groups in total. The molecule has 0 aliphatic carbocycles. The van der Waals surface area contributed by atoms with Gasteiger partial charge in [-0.25, -0.2) is 4.98 Å². The highest BCUT2D eigenvalue weighted by molar-refractivity contribution is 7.16. The summed E-state index contributed by atoms with van der Waals surface area (Å²) >= 11 is 7.34. The number of halogens is 1. The lowest BCUT2D eigenvalue weighted by atomic mass is 10.3. The lowest BCUT2D eigenvalue weighted by molar-refractivity contribution is 0.298. The van der Waals surface area contributed by atoms with E-state index in [-0.39, 0.29) is 6.61 Å². The average Bonchev–Trinajstić information content (AvgIpc) is 2.33. The SMILES string of the molecule is CCc1nc(CCO)c(Cl)s1. The zero-order chi connectivity index (χ0) is 8.27. The molecule has 0 aromatic carbocycles. The van der Waals surface area contributed by atoms with Crippen molar-refractivity contribution < 1.29 is 5.11 Å². The predicted molar refractivity (Wildman–Crippen MR) is 47.3 cm³/mol. The van der Waals surface area contributed by atoms with Crippen molar-refractivity contribution in [3.8, 4) is 0 Å². The van der Waals surface area contributed by atoms with Crippen molar-refractivity contribution in [2.75, 3.05) is 6.61 Å². The maximum Gasteiger partial charge on any atom is 0.116 e. The molecule has 0 spiro atoms. The summed E-state index contributed by atoms with van der Waals surface area (Å²) in [5.74, 6) is 0. The van der Waals surface area contributed by atoms with E-state index in [0.717, 1.165) is 21.5 Å². The summed E-state index contributed by atoms with van der Waals surface area (Å²) in [5, 5.41) is 9.67. The largest absolute Gasteiger partial charge is 0.396 e. The maximum absolute atomic E-state index is 8.63. The maximum atomic E-state index is 8.63. The molecule has 2 nitrogen and oxygen atoms in total. The van der Waals surface area contributed by atoms with Gasteiger partial charge >= 0.3 is 0 Å². The second-order valence-electron chi connectivity index (χ2n) is 2.16. The van der Waals surface area contributed by atoms with Crippen LogP contribution in [0.5, 0.6) is 0 Å². The van der Waals surface area contributed by atoms with Gasteiger partial charge in [-0.15, -0.1) is 11.3 Å². The molecule has 4 heteroatoms. The fourth-order valence-electron chi connectivity index (χ4n) is 0.791. The molecule has 62 valence electrons. The van der Waals surface area contributed by atoms with E-state index in [0.29, 0.717) is 6.42 Å². The number of nitrogens with zero attached hydrogens (tertiary/aromatic N) is 1. The van der Waals surface area contributed by atoms with Crippen LogP contribution >= 0.6 is 22.9 Å². The van der Waals surface area contributed by atoms with Gasteiger partial charge in [0.15, 0.2) is 0 Å². The summed E-state index contributed by atoms with van der Waals surface area (Å²) in [7, 11) is 0. The first kappa shape index (κ1) is 8.97. The second kappa shape index (κ2) is 4.04. The molecule has 0 bridgehead atoms. The lowest BCUT2D eigenvalue weighted by Crippen LogP contribution is -1.91. The second-order valence-corrected chi connectivity index (χ2v) is 3.84. The summed E-state index contributed by atoms with van der Waals surface area (Å²) in [6, 6.07) is 0. The van der Waals surface area contributed by atoms with Crippen LogP contribution < -0.4 is 0 Å². The van der Waals surface area contributed by atoms with E-state index in [1.165, 1.54) is 11.3 Å². The monoisotopic (exact) mass is 191 g/mol. The molecule has 1 aromatic rings. The predicted octanol–water partition coefficient (Wildman–Crippen LogP) is 1.89. The van der Waals surface area contributed by atoms with Gasteiger partial charge in [0.05, 0.1) is 10.7 Å². The zero-order valence-electron chi connectivity index (χ0n) is 6.30. The van der Waals surface area contributed by atoms with Gasteiger partial charge < -0.3 is 5.11 Å². The lowest BCUT2D eigenvalue weighted by Gasteiger charge is -1.89. The normalized spacial score (nSPS) is 10.5. The number of hydrogen-bond acceptors (Lipinski definition) is 3. The van der Waals surface area contributed by atoms with Crippen LogP contribution in [0.25, 0.3) is 0 Å². The van der Waals surface area contributed by atoms with E-state index in [1.807, 2.05) is 6.92 Å². The van der Waals surface area contributed by atoms with E-state index < -0.39 is 0 Å². The van der Waals surface area contributed by atoms with E-state index in [4.69, 9.17) is 16.7 Å². The van der Waals surface area contributed by atoms with Gasteiger partial charge in [-0.2, -0.15) is 0 Å². The minimum atomic E-state index is 0.118. The first-order chi connectivity index (χ1) is 5.27. The Morgan fingerprint density at radius 1 is 1.64 bits per heavy atom. The van der Waals surface area contributed by atoms with E-state index in [2.05, 4.69) is 4.98 Å². The molecule has 1 aromatic heterocycles. The molecule has 0 aliphatic rings. The van der Waals surface area contributed by atoms with Crippen LogP contribution in [0.2, 0.25) is 4.34 Å². The molecule has 0 radical (unpaired) electrons. The number of thiazole rings is 1. The van der Waals surface area contributed by atoms with Crippen LogP contribution in [0.15, 0.2) is 0 Å². The Morgan fingerprint density at radius 3 is 2.82 bits per heavy atom. The number of aliphatic hydroxyl groups is 1. The number of rotatable bonds is 3. The minimum absolute atomic E-state index is 0.118. The molecule has 0 amide bonds.